The van der Waals surface area contributed by atoms with Gasteiger partial charge >= 0.3 is 12.6 Å². The Morgan fingerprint density at radius 2 is 1.93 bits per heavy atom. The summed E-state index contributed by atoms with van der Waals surface area (Å²) < 4.78 is 34.6. The van der Waals surface area contributed by atoms with E-state index in [1.54, 1.807) is 37.3 Å². The summed E-state index contributed by atoms with van der Waals surface area (Å²) in [4.78, 5) is 26.9. The Labute approximate surface area is 161 Å². The van der Waals surface area contributed by atoms with E-state index in [4.69, 9.17) is 4.74 Å². The number of ether oxygens (including phenoxy) is 2. The van der Waals surface area contributed by atoms with E-state index in [9.17, 15) is 18.4 Å². The van der Waals surface area contributed by atoms with E-state index in [1.165, 1.54) is 17.0 Å². The van der Waals surface area contributed by atoms with Crippen LogP contribution in [0.5, 0.6) is 5.75 Å². The summed E-state index contributed by atoms with van der Waals surface area (Å²) in [7, 11) is 0. The van der Waals surface area contributed by atoms with Gasteiger partial charge in [-0.25, -0.2) is 4.79 Å². The average molecular weight is 389 g/mol. The molecule has 1 aliphatic rings. The lowest BCUT2D eigenvalue weighted by molar-refractivity contribution is -0.122. The lowest BCUT2D eigenvalue weighted by Crippen LogP contribution is -2.35. The van der Waals surface area contributed by atoms with Gasteiger partial charge in [-0.2, -0.15) is 8.78 Å². The summed E-state index contributed by atoms with van der Waals surface area (Å²) in [5, 5.41) is 0. The minimum absolute atomic E-state index is 0.0323. The van der Waals surface area contributed by atoms with Crippen molar-refractivity contribution in [3.05, 3.63) is 53.6 Å². The fourth-order valence-corrected chi connectivity index (χ4v) is 3.38. The number of rotatable bonds is 6. The van der Waals surface area contributed by atoms with Crippen molar-refractivity contribution in [2.45, 2.75) is 39.2 Å². The topological polar surface area (TPSA) is 55.8 Å². The Morgan fingerprint density at radius 3 is 2.57 bits per heavy atom. The summed E-state index contributed by atoms with van der Waals surface area (Å²) in [6, 6.07) is 11.0. The number of esters is 1. The van der Waals surface area contributed by atoms with Gasteiger partial charge in [0.2, 0.25) is 5.91 Å². The minimum atomic E-state index is -2.95. The van der Waals surface area contributed by atoms with Crippen molar-refractivity contribution in [1.29, 1.82) is 0 Å². The Hall–Kier alpha value is -2.96. The number of carbonyl (C=O) groups excluding carboxylic acids is 2. The van der Waals surface area contributed by atoms with Crippen LogP contribution < -0.4 is 9.64 Å². The number of carbonyl (C=O) groups is 2. The highest BCUT2D eigenvalue weighted by Crippen LogP contribution is 2.48. The molecular weight excluding hydrogens is 368 g/mol. The van der Waals surface area contributed by atoms with E-state index in [2.05, 4.69) is 4.74 Å². The summed E-state index contributed by atoms with van der Waals surface area (Å²) in [6.07, 6.45) is 0.509. The van der Waals surface area contributed by atoms with Crippen LogP contribution in [0, 0.1) is 0 Å². The standard InChI is InChI=1S/C21H21F2NO4/c1-4-21(3)16-11-13(18(25)27-5-2)9-10-17(16)24(19(21)26)14-7-6-8-15(12-14)28-20(22)23/h6-12,20H,4-5H2,1-3H3. The first-order valence-corrected chi connectivity index (χ1v) is 9.03. The molecule has 148 valence electrons. The highest BCUT2D eigenvalue weighted by Gasteiger charge is 2.47. The highest BCUT2D eigenvalue weighted by molar-refractivity contribution is 6.13. The Bertz CT molecular complexity index is 915. The number of alkyl halides is 2. The molecule has 1 aliphatic heterocycles. The van der Waals surface area contributed by atoms with Gasteiger partial charge in [0.25, 0.3) is 0 Å². The molecule has 0 bridgehead atoms. The molecule has 5 nitrogen and oxygen atoms in total. The van der Waals surface area contributed by atoms with E-state index in [-0.39, 0.29) is 18.3 Å². The molecule has 2 aromatic rings. The monoisotopic (exact) mass is 389 g/mol. The lowest BCUT2D eigenvalue weighted by Gasteiger charge is -2.23. The maximum Gasteiger partial charge on any atom is 0.387 e. The largest absolute Gasteiger partial charge is 0.462 e. The molecule has 1 heterocycles. The number of nitrogens with zero attached hydrogens (tertiary/aromatic N) is 1. The Kier molecular flexibility index (Phi) is 5.36. The highest BCUT2D eigenvalue weighted by atomic mass is 19.3. The number of benzene rings is 2. The second-order valence-electron chi connectivity index (χ2n) is 6.65. The first-order chi connectivity index (χ1) is 13.3. The predicted octanol–water partition coefficient (Wildman–Crippen LogP) is 4.81. The van der Waals surface area contributed by atoms with Crippen LogP contribution in [0.2, 0.25) is 0 Å². The molecule has 2 aromatic carbocycles. The van der Waals surface area contributed by atoms with Crippen molar-refractivity contribution in [1.82, 2.24) is 0 Å². The van der Waals surface area contributed by atoms with E-state index in [0.717, 1.165) is 0 Å². The third-order valence-electron chi connectivity index (χ3n) is 5.03. The first-order valence-electron chi connectivity index (χ1n) is 9.03. The van der Waals surface area contributed by atoms with Crippen LogP contribution in [0.3, 0.4) is 0 Å². The molecule has 1 amide bonds. The number of amides is 1. The summed E-state index contributed by atoms with van der Waals surface area (Å²) in [6.45, 7) is 2.72. The Morgan fingerprint density at radius 1 is 1.18 bits per heavy atom. The molecule has 0 fully saturated rings. The van der Waals surface area contributed by atoms with Crippen LogP contribution in [-0.2, 0) is 14.9 Å². The molecule has 0 N–H and O–H groups in total. The molecular formula is C21H21F2NO4. The van der Waals surface area contributed by atoms with Gasteiger partial charge in [0.05, 0.1) is 29.0 Å². The molecule has 0 radical (unpaired) electrons. The van der Waals surface area contributed by atoms with Gasteiger partial charge in [0.1, 0.15) is 5.75 Å². The molecule has 0 aliphatic carbocycles. The van der Waals surface area contributed by atoms with Crippen molar-refractivity contribution in [2.75, 3.05) is 11.5 Å². The van der Waals surface area contributed by atoms with Crippen LogP contribution in [-0.4, -0.2) is 25.1 Å². The maximum atomic E-state index is 13.3. The zero-order valence-corrected chi connectivity index (χ0v) is 15.9. The zero-order valence-electron chi connectivity index (χ0n) is 15.9. The fourth-order valence-electron chi connectivity index (χ4n) is 3.38. The second kappa shape index (κ2) is 7.58. The Balaban J connectivity index is 2.09. The normalized spacial score (nSPS) is 18.4. The molecule has 1 unspecified atom stereocenters. The molecule has 1 atom stereocenters. The van der Waals surface area contributed by atoms with Crippen molar-refractivity contribution in [3.63, 3.8) is 0 Å². The van der Waals surface area contributed by atoms with Gasteiger partial charge in [0.15, 0.2) is 0 Å². The van der Waals surface area contributed by atoms with E-state index in [0.29, 0.717) is 28.9 Å². The van der Waals surface area contributed by atoms with Gasteiger partial charge in [-0.15, -0.1) is 0 Å². The number of fused-ring (bicyclic) bond motifs is 1. The van der Waals surface area contributed by atoms with Crippen LogP contribution in [0.25, 0.3) is 0 Å². The third kappa shape index (κ3) is 3.32. The van der Waals surface area contributed by atoms with Crippen molar-refractivity contribution in [3.8, 4) is 5.75 Å². The molecule has 3 rings (SSSR count). The zero-order chi connectivity index (χ0) is 20.5. The molecule has 0 spiro atoms. The lowest BCUT2D eigenvalue weighted by atomic mass is 9.81. The van der Waals surface area contributed by atoms with Gasteiger partial charge < -0.3 is 9.47 Å². The minimum Gasteiger partial charge on any atom is -0.462 e. The molecule has 0 saturated carbocycles. The first kappa shape index (κ1) is 19.8. The van der Waals surface area contributed by atoms with Gasteiger partial charge in [-0.3, -0.25) is 9.69 Å². The van der Waals surface area contributed by atoms with Crippen LogP contribution in [0.1, 0.15) is 43.1 Å². The third-order valence-corrected chi connectivity index (χ3v) is 5.03. The maximum absolute atomic E-state index is 13.3. The summed E-state index contributed by atoms with van der Waals surface area (Å²) in [5.74, 6) is -0.683. The number of anilines is 2. The molecule has 0 aromatic heterocycles. The SMILES string of the molecule is CCOC(=O)c1ccc2c(c1)C(C)(CC)C(=O)N2c1cccc(OC(F)F)c1. The summed E-state index contributed by atoms with van der Waals surface area (Å²) >= 11 is 0. The van der Waals surface area contributed by atoms with Gasteiger partial charge in [0, 0.05) is 6.07 Å². The second-order valence-corrected chi connectivity index (χ2v) is 6.65. The fraction of sp³-hybridized carbons (Fsp3) is 0.333. The quantitative estimate of drug-likeness (QED) is 0.666. The summed E-state index contributed by atoms with van der Waals surface area (Å²) in [5.41, 5.74) is 1.25. The van der Waals surface area contributed by atoms with E-state index in [1.807, 2.05) is 13.8 Å². The van der Waals surface area contributed by atoms with Crippen LogP contribution in [0.4, 0.5) is 20.2 Å². The van der Waals surface area contributed by atoms with E-state index < -0.39 is 18.0 Å². The smallest absolute Gasteiger partial charge is 0.387 e. The van der Waals surface area contributed by atoms with Crippen molar-refractivity contribution in [2.24, 2.45) is 0 Å². The van der Waals surface area contributed by atoms with E-state index >= 15 is 0 Å². The van der Waals surface area contributed by atoms with Crippen molar-refractivity contribution < 1.29 is 27.8 Å². The number of hydrogen-bond donors (Lipinski definition) is 0. The molecule has 0 saturated heterocycles. The molecule has 7 heteroatoms. The van der Waals surface area contributed by atoms with Crippen molar-refractivity contribution >= 4 is 23.3 Å². The predicted molar refractivity (Wildman–Crippen MR) is 100 cm³/mol. The van der Waals surface area contributed by atoms with Gasteiger partial charge in [-0.1, -0.05) is 13.0 Å². The number of halogens is 2. The number of hydrogen-bond acceptors (Lipinski definition) is 4. The molecule has 28 heavy (non-hydrogen) atoms. The average Bonchev–Trinajstić information content (AvgIpc) is 2.89. The van der Waals surface area contributed by atoms with Crippen LogP contribution in [0.15, 0.2) is 42.5 Å². The van der Waals surface area contributed by atoms with Gasteiger partial charge in [-0.05, 0) is 56.2 Å². The van der Waals surface area contributed by atoms with Crippen LogP contribution >= 0.6 is 0 Å².